The fourth-order valence-corrected chi connectivity index (χ4v) is 12.7. The maximum atomic E-state index is 2.53. The van der Waals surface area contributed by atoms with Crippen molar-refractivity contribution in [1.29, 1.82) is 0 Å². The van der Waals surface area contributed by atoms with Crippen molar-refractivity contribution < 1.29 is 0 Å². The minimum Gasteiger partial charge on any atom is -0.310 e. The first kappa shape index (κ1) is 44.7. The van der Waals surface area contributed by atoms with Gasteiger partial charge in [0, 0.05) is 17.1 Å². The van der Waals surface area contributed by atoms with Crippen LogP contribution < -0.4 is 4.90 Å². The van der Waals surface area contributed by atoms with E-state index in [2.05, 4.69) is 295 Å². The van der Waals surface area contributed by atoms with Gasteiger partial charge in [0.05, 0.1) is 10.8 Å². The fraction of sp³-hybridized carbons (Fsp3) is 0.139. The molecule has 1 heteroatoms. The predicted molar refractivity (Wildman–Crippen MR) is 308 cm³/mol. The lowest BCUT2D eigenvalue weighted by Gasteiger charge is -2.36. The molecular formula is C72H59N. The zero-order valence-corrected chi connectivity index (χ0v) is 42.6. The van der Waals surface area contributed by atoms with Crippen LogP contribution in [0.3, 0.4) is 0 Å². The second kappa shape index (κ2) is 16.7. The number of benzene rings is 11. The summed E-state index contributed by atoms with van der Waals surface area (Å²) in [4.78, 5) is 2.53. The highest BCUT2D eigenvalue weighted by atomic mass is 15.1. The molecule has 11 aromatic rings. The van der Waals surface area contributed by atoms with Gasteiger partial charge in [-0.15, -0.1) is 0 Å². The topological polar surface area (TPSA) is 3.24 Å². The zero-order valence-electron chi connectivity index (χ0n) is 42.6. The summed E-state index contributed by atoms with van der Waals surface area (Å²) in [7, 11) is 0. The van der Waals surface area contributed by atoms with E-state index in [-0.39, 0.29) is 10.8 Å². The molecule has 0 fully saturated rings. The normalized spacial score (nSPS) is 16.7. The molecule has 1 nitrogen and oxygen atoms in total. The van der Waals surface area contributed by atoms with E-state index in [1.807, 2.05) is 0 Å². The van der Waals surface area contributed by atoms with Crippen molar-refractivity contribution >= 4 is 38.6 Å². The average Bonchev–Trinajstić information content (AvgIpc) is 3.89. The van der Waals surface area contributed by atoms with Gasteiger partial charge in [-0.05, 0) is 159 Å². The SMILES string of the molecule is CC(C)(C)c1ccc(C2(c3ccccc3)c3ccccc3-c3ccc(N(c4ccc5c(c4)C(c4ccccc4)(c4ccc(C(C)(C)C)cc4)c4ccccc4-5)c4ccc5cc6ccccc6cc5c4)cc32)cc1. The number of hydrogen-bond donors (Lipinski definition) is 0. The first-order chi connectivity index (χ1) is 35.4. The van der Waals surface area contributed by atoms with Gasteiger partial charge in [-0.2, -0.15) is 0 Å². The number of rotatable bonds is 7. The van der Waals surface area contributed by atoms with Gasteiger partial charge < -0.3 is 4.90 Å². The Kier molecular flexibility index (Phi) is 10.2. The van der Waals surface area contributed by atoms with Crippen LogP contribution in [0, 0.1) is 0 Å². The smallest absolute Gasteiger partial charge is 0.0714 e. The van der Waals surface area contributed by atoms with Gasteiger partial charge in [0.25, 0.3) is 0 Å². The molecule has 0 aromatic heterocycles. The van der Waals surface area contributed by atoms with Crippen molar-refractivity contribution in [1.82, 2.24) is 0 Å². The predicted octanol–water partition coefficient (Wildman–Crippen LogP) is 18.8. The molecule has 2 unspecified atom stereocenters. The zero-order chi connectivity index (χ0) is 49.7. The summed E-state index contributed by atoms with van der Waals surface area (Å²) in [5.41, 5.74) is 20.2. The van der Waals surface area contributed by atoms with Crippen molar-refractivity contribution in [3.05, 3.63) is 304 Å². The van der Waals surface area contributed by atoms with E-state index in [0.29, 0.717) is 0 Å². The van der Waals surface area contributed by atoms with Gasteiger partial charge in [0.15, 0.2) is 0 Å². The van der Waals surface area contributed by atoms with Gasteiger partial charge in [0.1, 0.15) is 0 Å². The Hall–Kier alpha value is -8.26. The van der Waals surface area contributed by atoms with E-state index in [9.17, 15) is 0 Å². The molecule has 0 aliphatic heterocycles. The standard InChI is InChI=1S/C72H59N/c1-69(2,3)52-30-34-56(35-31-52)71(54-21-9-7-10-22-54)65-27-17-15-25-61(65)63-41-39-59(46-67(63)71)73(58-38-29-50-43-48-19-13-14-20-49(48)44-51(50)45-58)60-40-42-64-62-26-16-18-28-66(62)72(68(64)47-60,55-23-11-8-12-24-55)57-36-32-53(33-37-57)70(4,5)6/h7-47H,1-6H3. The monoisotopic (exact) mass is 937 g/mol. The maximum absolute atomic E-state index is 2.53. The van der Waals surface area contributed by atoms with Crippen molar-refractivity contribution in [3.63, 3.8) is 0 Å². The molecule has 0 N–H and O–H groups in total. The molecular weight excluding hydrogens is 879 g/mol. The minimum atomic E-state index is -0.575. The molecule has 0 amide bonds. The summed E-state index contributed by atoms with van der Waals surface area (Å²) in [6.07, 6.45) is 0. The summed E-state index contributed by atoms with van der Waals surface area (Å²) in [5.74, 6) is 0. The van der Waals surface area contributed by atoms with Gasteiger partial charge >= 0.3 is 0 Å². The molecule has 2 aliphatic rings. The van der Waals surface area contributed by atoms with Crippen molar-refractivity contribution in [2.75, 3.05) is 4.90 Å². The Morgan fingerprint density at radius 3 is 1.05 bits per heavy atom. The first-order valence-corrected chi connectivity index (χ1v) is 26.0. The van der Waals surface area contributed by atoms with Crippen LogP contribution in [-0.2, 0) is 21.7 Å². The van der Waals surface area contributed by atoms with Crippen LogP contribution in [0.25, 0.3) is 43.8 Å². The Morgan fingerprint density at radius 1 is 0.260 bits per heavy atom. The van der Waals surface area contributed by atoms with Gasteiger partial charge in [-0.1, -0.05) is 242 Å². The van der Waals surface area contributed by atoms with Crippen LogP contribution in [0.4, 0.5) is 17.1 Å². The largest absolute Gasteiger partial charge is 0.310 e. The van der Waals surface area contributed by atoms with Crippen molar-refractivity contribution in [3.8, 4) is 22.3 Å². The molecule has 352 valence electrons. The second-order valence-electron chi connectivity index (χ2n) is 22.5. The van der Waals surface area contributed by atoms with E-state index in [4.69, 9.17) is 0 Å². The number of anilines is 3. The third-order valence-electron chi connectivity index (χ3n) is 16.3. The molecule has 0 radical (unpaired) electrons. The Balaban J connectivity index is 1.09. The van der Waals surface area contributed by atoms with Gasteiger partial charge in [0.2, 0.25) is 0 Å². The molecule has 0 saturated heterocycles. The number of nitrogens with zero attached hydrogens (tertiary/aromatic N) is 1. The highest BCUT2D eigenvalue weighted by Crippen LogP contribution is 2.60. The third-order valence-corrected chi connectivity index (χ3v) is 16.3. The molecule has 0 heterocycles. The summed E-state index contributed by atoms with van der Waals surface area (Å²) in [6.45, 7) is 13.8. The molecule has 0 bridgehead atoms. The van der Waals surface area contributed by atoms with Crippen LogP contribution in [0.1, 0.15) is 97.2 Å². The van der Waals surface area contributed by atoms with Gasteiger partial charge in [-0.3, -0.25) is 0 Å². The van der Waals surface area contributed by atoms with Crippen LogP contribution in [0.15, 0.2) is 249 Å². The maximum Gasteiger partial charge on any atom is 0.0714 e. The lowest BCUT2D eigenvalue weighted by atomic mass is 9.67. The summed E-state index contributed by atoms with van der Waals surface area (Å²) >= 11 is 0. The molecule has 11 aromatic carbocycles. The number of hydrogen-bond acceptors (Lipinski definition) is 1. The highest BCUT2D eigenvalue weighted by molar-refractivity contribution is 6.01. The quantitative estimate of drug-likeness (QED) is 0.144. The van der Waals surface area contributed by atoms with Crippen LogP contribution in [0.2, 0.25) is 0 Å². The van der Waals surface area contributed by atoms with E-state index >= 15 is 0 Å². The third kappa shape index (κ3) is 6.89. The van der Waals surface area contributed by atoms with Crippen molar-refractivity contribution in [2.24, 2.45) is 0 Å². The van der Waals surface area contributed by atoms with Crippen LogP contribution in [0.5, 0.6) is 0 Å². The Labute approximate surface area is 431 Å². The lowest BCUT2D eigenvalue weighted by molar-refractivity contribution is 0.589. The Bertz CT molecular complexity index is 3710. The molecule has 73 heavy (non-hydrogen) atoms. The summed E-state index contributed by atoms with van der Waals surface area (Å²) in [6, 6.07) is 94.6. The van der Waals surface area contributed by atoms with E-state index in [0.717, 1.165) is 17.1 Å². The van der Waals surface area contributed by atoms with E-state index in [1.165, 1.54) is 99.4 Å². The Morgan fingerprint density at radius 2 is 0.603 bits per heavy atom. The lowest BCUT2D eigenvalue weighted by Crippen LogP contribution is -2.29. The van der Waals surface area contributed by atoms with Gasteiger partial charge in [-0.25, -0.2) is 0 Å². The van der Waals surface area contributed by atoms with E-state index < -0.39 is 10.8 Å². The highest BCUT2D eigenvalue weighted by Gasteiger charge is 2.48. The van der Waals surface area contributed by atoms with Crippen LogP contribution >= 0.6 is 0 Å². The first-order valence-electron chi connectivity index (χ1n) is 26.0. The number of fused-ring (bicyclic) bond motifs is 8. The molecule has 0 saturated carbocycles. The second-order valence-corrected chi connectivity index (χ2v) is 22.5. The molecule has 2 aliphatic carbocycles. The molecule has 2 atom stereocenters. The summed E-state index contributed by atoms with van der Waals surface area (Å²) in [5, 5.41) is 4.91. The average molecular weight is 938 g/mol. The summed E-state index contributed by atoms with van der Waals surface area (Å²) < 4.78 is 0. The molecule has 0 spiro atoms. The van der Waals surface area contributed by atoms with Crippen molar-refractivity contribution in [2.45, 2.75) is 63.2 Å². The minimum absolute atomic E-state index is 0.0228. The molecule has 13 rings (SSSR count). The fourth-order valence-electron chi connectivity index (χ4n) is 12.7. The van der Waals surface area contributed by atoms with E-state index in [1.54, 1.807) is 0 Å². The van der Waals surface area contributed by atoms with Crippen LogP contribution in [-0.4, -0.2) is 0 Å².